The molecule has 8 heteroatoms. The molecule has 3 rings (SSSR count). The molecule has 1 aliphatic rings. The van der Waals surface area contributed by atoms with Crippen molar-refractivity contribution in [2.45, 2.75) is 13.0 Å². The van der Waals surface area contributed by atoms with Crippen molar-refractivity contribution in [3.8, 4) is 0 Å². The van der Waals surface area contributed by atoms with Crippen LogP contribution >= 0.6 is 50.5 Å². The molecule has 120 valence electrons. The van der Waals surface area contributed by atoms with E-state index in [-0.39, 0.29) is 17.7 Å². The summed E-state index contributed by atoms with van der Waals surface area (Å²) < 4.78 is 0.954. The van der Waals surface area contributed by atoms with Crippen molar-refractivity contribution in [1.29, 1.82) is 0 Å². The van der Waals surface area contributed by atoms with Crippen LogP contribution in [0, 0.1) is 5.92 Å². The zero-order valence-corrected chi connectivity index (χ0v) is 15.7. The lowest BCUT2D eigenvalue weighted by atomic mass is 9.96. The Balaban J connectivity index is 2.11. The van der Waals surface area contributed by atoms with E-state index >= 15 is 0 Å². The van der Waals surface area contributed by atoms with Gasteiger partial charge < -0.3 is 5.11 Å². The summed E-state index contributed by atoms with van der Waals surface area (Å²) >= 11 is 17.2. The van der Waals surface area contributed by atoms with Crippen LogP contribution in [0.3, 0.4) is 0 Å². The van der Waals surface area contributed by atoms with Crippen LogP contribution in [0.2, 0.25) is 10.0 Å². The predicted molar refractivity (Wildman–Crippen MR) is 97.9 cm³/mol. The molecule has 0 unspecified atom stereocenters. The van der Waals surface area contributed by atoms with Gasteiger partial charge in [0.2, 0.25) is 0 Å². The van der Waals surface area contributed by atoms with E-state index in [0.29, 0.717) is 15.7 Å². The fraction of sp³-hybridized carbons (Fsp3) is 0.200. The molecular weight excluding hydrogens is 423 g/mol. The lowest BCUT2D eigenvalue weighted by molar-refractivity contribution is -0.129. The van der Waals surface area contributed by atoms with Crippen molar-refractivity contribution in [2.75, 3.05) is 5.01 Å². The number of nitrogens with zero attached hydrogens (tertiary/aromatic N) is 2. The molecule has 2 heterocycles. The summed E-state index contributed by atoms with van der Waals surface area (Å²) in [6.07, 6.45) is 0. The van der Waals surface area contributed by atoms with Crippen LogP contribution in [-0.2, 0) is 4.79 Å². The topological polar surface area (TPSA) is 52.9 Å². The molecule has 0 bridgehead atoms. The Morgan fingerprint density at radius 2 is 2.13 bits per heavy atom. The predicted octanol–water partition coefficient (Wildman–Crippen LogP) is 5.46. The van der Waals surface area contributed by atoms with Crippen LogP contribution in [0.15, 0.2) is 39.2 Å². The van der Waals surface area contributed by atoms with Gasteiger partial charge in [-0.25, -0.2) is 4.79 Å². The first-order valence-electron chi connectivity index (χ1n) is 6.68. The molecule has 2 aromatic rings. The van der Waals surface area contributed by atoms with Crippen LogP contribution < -0.4 is 5.01 Å². The van der Waals surface area contributed by atoms with Gasteiger partial charge >= 0.3 is 5.97 Å². The van der Waals surface area contributed by atoms with E-state index < -0.39 is 5.97 Å². The van der Waals surface area contributed by atoms with E-state index in [1.807, 2.05) is 18.4 Å². The van der Waals surface area contributed by atoms with Crippen molar-refractivity contribution in [3.05, 3.63) is 49.0 Å². The van der Waals surface area contributed by atoms with Gasteiger partial charge in [-0.3, -0.25) is 5.01 Å². The summed E-state index contributed by atoms with van der Waals surface area (Å²) in [6.45, 7) is 1.86. The number of hydrogen-bond donors (Lipinski definition) is 1. The third kappa shape index (κ3) is 3.13. The molecular formula is C15H11BrCl2N2O2S. The monoisotopic (exact) mass is 432 g/mol. The van der Waals surface area contributed by atoms with Gasteiger partial charge in [0.15, 0.2) is 5.71 Å². The van der Waals surface area contributed by atoms with Gasteiger partial charge in [0.25, 0.3) is 0 Å². The first kappa shape index (κ1) is 16.8. The molecule has 0 radical (unpaired) electrons. The fourth-order valence-corrected chi connectivity index (χ4v) is 4.72. The number of benzene rings is 1. The maximum absolute atomic E-state index is 11.5. The van der Waals surface area contributed by atoms with Gasteiger partial charge in [0.05, 0.1) is 16.8 Å². The Bertz CT molecular complexity index is 809. The Kier molecular flexibility index (Phi) is 4.69. The quantitative estimate of drug-likeness (QED) is 0.699. The molecule has 4 nitrogen and oxygen atoms in total. The van der Waals surface area contributed by atoms with Crippen LogP contribution in [0.1, 0.15) is 17.8 Å². The molecule has 1 aromatic carbocycles. The Morgan fingerprint density at radius 1 is 1.39 bits per heavy atom. The second-order valence-electron chi connectivity index (χ2n) is 5.13. The summed E-state index contributed by atoms with van der Waals surface area (Å²) in [5, 5.41) is 18.3. The van der Waals surface area contributed by atoms with E-state index in [4.69, 9.17) is 23.2 Å². The van der Waals surface area contributed by atoms with Crippen LogP contribution in [0.25, 0.3) is 0 Å². The first-order chi connectivity index (χ1) is 10.9. The fourth-order valence-electron chi connectivity index (χ4n) is 2.59. The highest BCUT2D eigenvalue weighted by Gasteiger charge is 2.40. The van der Waals surface area contributed by atoms with Crippen molar-refractivity contribution in [1.82, 2.24) is 0 Å². The standard InChI is InChI=1S/C15H11BrCl2N2O2S/c1-7-13(15(21)22)19-20(11-3-2-9(17)5-10(11)18)14(7)12-4-8(16)6-23-12/h2-7,14H,1H3,(H,21,22)/t7-,14-/m0/s1. The number of carbonyl (C=O) groups is 1. The van der Waals surface area contributed by atoms with E-state index in [9.17, 15) is 9.90 Å². The molecule has 0 saturated carbocycles. The number of hydrogen-bond acceptors (Lipinski definition) is 4. The van der Waals surface area contributed by atoms with E-state index in [1.165, 1.54) is 0 Å². The average Bonchev–Trinajstić information content (AvgIpc) is 3.02. The second-order valence-corrected chi connectivity index (χ2v) is 7.83. The molecule has 0 saturated heterocycles. The lowest BCUT2D eigenvalue weighted by Gasteiger charge is -2.26. The van der Waals surface area contributed by atoms with Crippen molar-refractivity contribution in [3.63, 3.8) is 0 Å². The number of aliphatic carboxylic acids is 1. The Hall–Kier alpha value is -1.08. The molecule has 23 heavy (non-hydrogen) atoms. The summed E-state index contributed by atoms with van der Waals surface area (Å²) in [6, 6.07) is 6.84. The van der Waals surface area contributed by atoms with Gasteiger partial charge in [0, 0.05) is 25.7 Å². The van der Waals surface area contributed by atoms with E-state index in [2.05, 4.69) is 21.0 Å². The lowest BCUT2D eigenvalue weighted by Crippen LogP contribution is -2.25. The highest BCUT2D eigenvalue weighted by atomic mass is 79.9. The minimum atomic E-state index is -1.02. The Labute approximate surface area is 155 Å². The van der Waals surface area contributed by atoms with Crippen molar-refractivity contribution >= 4 is 67.8 Å². The number of carboxylic acids is 1. The minimum Gasteiger partial charge on any atom is -0.477 e. The largest absolute Gasteiger partial charge is 0.477 e. The molecule has 2 atom stereocenters. The number of thiophene rings is 1. The molecule has 1 N–H and O–H groups in total. The summed E-state index contributed by atoms with van der Waals surface area (Å²) in [5.74, 6) is -1.30. The highest BCUT2D eigenvalue weighted by molar-refractivity contribution is 9.10. The third-order valence-electron chi connectivity index (χ3n) is 3.64. The van der Waals surface area contributed by atoms with Crippen LogP contribution in [-0.4, -0.2) is 16.8 Å². The van der Waals surface area contributed by atoms with Crippen molar-refractivity contribution in [2.24, 2.45) is 11.0 Å². The highest BCUT2D eigenvalue weighted by Crippen LogP contribution is 2.44. The summed E-state index contributed by atoms with van der Waals surface area (Å²) in [5.41, 5.74) is 0.749. The zero-order chi connectivity index (χ0) is 16.7. The molecule has 0 spiro atoms. The SMILES string of the molecule is C[C@H]1C(C(=O)O)=NN(c2ccc(Cl)cc2Cl)[C@@H]1c1cc(Br)cs1. The maximum atomic E-state index is 11.5. The second kappa shape index (κ2) is 6.43. The van der Waals surface area contributed by atoms with E-state index in [1.54, 1.807) is 34.5 Å². The minimum absolute atomic E-state index is 0.116. The summed E-state index contributed by atoms with van der Waals surface area (Å²) in [7, 11) is 0. The van der Waals surface area contributed by atoms with Crippen LogP contribution in [0.4, 0.5) is 5.69 Å². The number of carboxylic acid groups (broad SMARTS) is 1. The van der Waals surface area contributed by atoms with Crippen molar-refractivity contribution < 1.29 is 9.90 Å². The smallest absolute Gasteiger partial charge is 0.352 e. The van der Waals surface area contributed by atoms with Gasteiger partial charge in [-0.2, -0.15) is 5.10 Å². The molecule has 0 aliphatic carbocycles. The molecule has 0 fully saturated rings. The molecule has 0 amide bonds. The summed E-state index contributed by atoms with van der Waals surface area (Å²) in [4.78, 5) is 12.5. The number of halogens is 3. The van der Waals surface area contributed by atoms with Gasteiger partial charge in [-0.15, -0.1) is 11.3 Å². The van der Waals surface area contributed by atoms with Gasteiger partial charge in [0.1, 0.15) is 0 Å². The van der Waals surface area contributed by atoms with Gasteiger partial charge in [-0.1, -0.05) is 30.1 Å². The zero-order valence-electron chi connectivity index (χ0n) is 11.8. The first-order valence-corrected chi connectivity index (χ1v) is 9.11. The van der Waals surface area contributed by atoms with Crippen LogP contribution in [0.5, 0.6) is 0 Å². The molecule has 1 aromatic heterocycles. The number of rotatable bonds is 3. The third-order valence-corrected chi connectivity index (χ3v) is 5.94. The van der Waals surface area contributed by atoms with E-state index in [0.717, 1.165) is 9.35 Å². The maximum Gasteiger partial charge on any atom is 0.352 e. The average molecular weight is 434 g/mol. The normalized spacial score (nSPS) is 20.7. The number of anilines is 1. The number of hydrazone groups is 1. The molecule has 1 aliphatic heterocycles. The van der Waals surface area contributed by atoms with Gasteiger partial charge in [-0.05, 0) is 40.2 Å². The Morgan fingerprint density at radius 3 is 2.70 bits per heavy atom.